The van der Waals surface area contributed by atoms with Gasteiger partial charge in [0.05, 0.1) is 7.11 Å². The van der Waals surface area contributed by atoms with Crippen molar-refractivity contribution < 1.29 is 27.4 Å². The molecule has 0 bridgehead atoms. The smallest absolute Gasteiger partial charge is 0.387 e. The topological polar surface area (TPSA) is 38.8 Å². The molecule has 0 spiro atoms. The first-order valence-corrected chi connectivity index (χ1v) is 7.99. The van der Waals surface area contributed by atoms with Crippen LogP contribution in [0.4, 0.5) is 13.2 Å². The van der Waals surface area contributed by atoms with Crippen LogP contribution in [-0.4, -0.2) is 31.6 Å². The van der Waals surface area contributed by atoms with Crippen LogP contribution in [-0.2, 0) is 17.8 Å². The molecule has 7 heteroatoms. The van der Waals surface area contributed by atoms with Crippen molar-refractivity contribution >= 4 is 5.91 Å². The molecule has 0 radical (unpaired) electrons. The lowest BCUT2D eigenvalue weighted by atomic mass is 10.1. The molecule has 26 heavy (non-hydrogen) atoms. The van der Waals surface area contributed by atoms with Gasteiger partial charge in [0.2, 0.25) is 5.91 Å². The minimum atomic E-state index is -2.86. The van der Waals surface area contributed by atoms with Gasteiger partial charge in [-0.1, -0.05) is 18.2 Å². The molecule has 0 saturated carbocycles. The number of halogens is 3. The van der Waals surface area contributed by atoms with Crippen LogP contribution in [0.15, 0.2) is 42.5 Å². The number of aryl methyl sites for hydroxylation is 1. The molecule has 0 atom stereocenters. The molecule has 2 aromatic carbocycles. The summed E-state index contributed by atoms with van der Waals surface area (Å²) in [6, 6.07) is 10.7. The van der Waals surface area contributed by atoms with Crippen LogP contribution >= 0.6 is 0 Å². The lowest BCUT2D eigenvalue weighted by Crippen LogP contribution is -2.26. The molecule has 2 aromatic rings. The number of ether oxygens (including phenoxy) is 2. The highest BCUT2D eigenvalue weighted by Crippen LogP contribution is 2.19. The van der Waals surface area contributed by atoms with Crippen LogP contribution in [0.2, 0.25) is 0 Å². The van der Waals surface area contributed by atoms with Gasteiger partial charge in [-0.3, -0.25) is 4.79 Å². The molecule has 0 aliphatic heterocycles. The number of carbonyl (C=O) groups is 1. The maximum absolute atomic E-state index is 13.7. The van der Waals surface area contributed by atoms with E-state index in [-0.39, 0.29) is 30.4 Å². The van der Waals surface area contributed by atoms with E-state index in [0.717, 1.165) is 5.56 Å². The Bertz CT molecular complexity index is 735. The van der Waals surface area contributed by atoms with Gasteiger partial charge in [0.25, 0.3) is 0 Å². The zero-order valence-corrected chi connectivity index (χ0v) is 14.5. The third-order valence-corrected chi connectivity index (χ3v) is 3.84. The Labute approximate surface area is 150 Å². The van der Waals surface area contributed by atoms with Crippen LogP contribution in [0.3, 0.4) is 0 Å². The molecule has 0 unspecified atom stereocenters. The number of carbonyl (C=O) groups excluding carboxylic acids is 1. The second-order valence-electron chi connectivity index (χ2n) is 5.74. The number of methoxy groups -OCH3 is 1. The lowest BCUT2D eigenvalue weighted by molar-refractivity contribution is -0.130. The Hall–Kier alpha value is -2.70. The average molecular weight is 367 g/mol. The zero-order valence-electron chi connectivity index (χ0n) is 14.5. The minimum absolute atomic E-state index is 0.0775. The Morgan fingerprint density at radius 1 is 1.12 bits per heavy atom. The fourth-order valence-corrected chi connectivity index (χ4v) is 2.45. The van der Waals surface area contributed by atoms with E-state index < -0.39 is 12.4 Å². The largest absolute Gasteiger partial charge is 0.494 e. The van der Waals surface area contributed by atoms with E-state index in [0.29, 0.717) is 12.0 Å². The summed E-state index contributed by atoms with van der Waals surface area (Å²) in [5, 5.41) is 0. The summed E-state index contributed by atoms with van der Waals surface area (Å²) < 4.78 is 47.1. The molecular weight excluding hydrogens is 347 g/mol. The third kappa shape index (κ3) is 5.68. The number of hydrogen-bond acceptors (Lipinski definition) is 3. The van der Waals surface area contributed by atoms with Crippen molar-refractivity contribution in [2.24, 2.45) is 0 Å². The number of benzene rings is 2. The Morgan fingerprint density at radius 3 is 2.35 bits per heavy atom. The Kier molecular flexibility index (Phi) is 6.89. The van der Waals surface area contributed by atoms with Crippen LogP contribution < -0.4 is 9.47 Å². The fraction of sp³-hybridized carbons (Fsp3) is 0.316. The zero-order chi connectivity index (χ0) is 19.1. The number of nitrogens with zero attached hydrogens (tertiary/aromatic N) is 1. The van der Waals surface area contributed by atoms with Gasteiger partial charge < -0.3 is 14.4 Å². The van der Waals surface area contributed by atoms with E-state index in [2.05, 4.69) is 4.74 Å². The summed E-state index contributed by atoms with van der Waals surface area (Å²) >= 11 is 0. The molecule has 2 rings (SSSR count). The first-order chi connectivity index (χ1) is 12.4. The fourth-order valence-electron chi connectivity index (χ4n) is 2.45. The standard InChI is InChI=1S/C19H20F3NO3/c1-23(12-14-5-9-17(25-2)16(20)11-14)18(24)10-6-13-3-7-15(8-4-13)26-19(21)22/h3-5,7-9,11,19H,6,10,12H2,1-2H3. The van der Waals surface area contributed by atoms with Gasteiger partial charge in [0.15, 0.2) is 11.6 Å². The highest BCUT2D eigenvalue weighted by atomic mass is 19.3. The van der Waals surface area contributed by atoms with Crippen LogP contribution in [0.25, 0.3) is 0 Å². The highest BCUT2D eigenvalue weighted by molar-refractivity contribution is 5.76. The first kappa shape index (κ1) is 19.6. The second-order valence-corrected chi connectivity index (χ2v) is 5.74. The van der Waals surface area contributed by atoms with E-state index in [1.165, 1.54) is 36.3 Å². The summed E-state index contributed by atoms with van der Waals surface area (Å²) in [4.78, 5) is 13.7. The van der Waals surface area contributed by atoms with Gasteiger partial charge in [0, 0.05) is 20.0 Å². The Balaban J connectivity index is 1.86. The van der Waals surface area contributed by atoms with Crippen LogP contribution in [0.1, 0.15) is 17.5 Å². The summed E-state index contributed by atoms with van der Waals surface area (Å²) in [6.07, 6.45) is 0.722. The van der Waals surface area contributed by atoms with Crippen LogP contribution in [0.5, 0.6) is 11.5 Å². The average Bonchev–Trinajstić information content (AvgIpc) is 2.60. The van der Waals surface area contributed by atoms with Gasteiger partial charge in [-0.25, -0.2) is 4.39 Å². The predicted octanol–water partition coefficient (Wildman–Crippen LogP) is 4.03. The molecule has 1 amide bonds. The molecule has 140 valence electrons. The maximum Gasteiger partial charge on any atom is 0.387 e. The van der Waals surface area contributed by atoms with Crippen molar-refractivity contribution in [2.45, 2.75) is 26.0 Å². The number of rotatable bonds is 8. The second kappa shape index (κ2) is 9.12. The van der Waals surface area contributed by atoms with E-state index in [1.54, 1.807) is 25.2 Å². The lowest BCUT2D eigenvalue weighted by Gasteiger charge is -2.18. The van der Waals surface area contributed by atoms with E-state index in [4.69, 9.17) is 4.74 Å². The van der Waals surface area contributed by atoms with E-state index in [9.17, 15) is 18.0 Å². The molecule has 0 fully saturated rings. The maximum atomic E-state index is 13.7. The van der Waals surface area contributed by atoms with Crippen molar-refractivity contribution in [2.75, 3.05) is 14.2 Å². The SMILES string of the molecule is COc1ccc(CN(C)C(=O)CCc2ccc(OC(F)F)cc2)cc1F. The molecule has 0 aromatic heterocycles. The van der Waals surface area contributed by atoms with Crippen LogP contribution in [0, 0.1) is 5.82 Å². The number of amides is 1. The summed E-state index contributed by atoms with van der Waals surface area (Å²) in [7, 11) is 3.03. The monoisotopic (exact) mass is 367 g/mol. The quantitative estimate of drug-likeness (QED) is 0.707. The molecule has 0 aliphatic rings. The van der Waals surface area contributed by atoms with Crippen molar-refractivity contribution in [3.05, 3.63) is 59.4 Å². The molecule has 0 heterocycles. The van der Waals surface area contributed by atoms with Crippen molar-refractivity contribution in [1.29, 1.82) is 0 Å². The minimum Gasteiger partial charge on any atom is -0.494 e. The van der Waals surface area contributed by atoms with E-state index in [1.807, 2.05) is 0 Å². The molecule has 4 nitrogen and oxygen atoms in total. The van der Waals surface area contributed by atoms with Gasteiger partial charge in [-0.2, -0.15) is 8.78 Å². The normalized spacial score (nSPS) is 10.7. The van der Waals surface area contributed by atoms with Gasteiger partial charge in [0.1, 0.15) is 5.75 Å². The molecular formula is C19H20F3NO3. The number of alkyl halides is 2. The van der Waals surface area contributed by atoms with Crippen molar-refractivity contribution in [3.63, 3.8) is 0 Å². The predicted molar refractivity (Wildman–Crippen MR) is 90.8 cm³/mol. The van der Waals surface area contributed by atoms with Gasteiger partial charge in [-0.15, -0.1) is 0 Å². The van der Waals surface area contributed by atoms with Gasteiger partial charge in [-0.05, 0) is 41.8 Å². The van der Waals surface area contributed by atoms with Gasteiger partial charge >= 0.3 is 6.61 Å². The van der Waals surface area contributed by atoms with E-state index >= 15 is 0 Å². The third-order valence-electron chi connectivity index (χ3n) is 3.84. The molecule has 0 saturated heterocycles. The van der Waals surface area contributed by atoms with Crippen molar-refractivity contribution in [1.82, 2.24) is 4.90 Å². The molecule has 0 aliphatic carbocycles. The summed E-state index contributed by atoms with van der Waals surface area (Å²) in [6.45, 7) is -2.58. The summed E-state index contributed by atoms with van der Waals surface area (Å²) in [5.41, 5.74) is 1.50. The van der Waals surface area contributed by atoms with Crippen molar-refractivity contribution in [3.8, 4) is 11.5 Å². The first-order valence-electron chi connectivity index (χ1n) is 7.99. The summed E-state index contributed by atoms with van der Waals surface area (Å²) in [5.74, 6) is -0.346. The number of hydrogen-bond donors (Lipinski definition) is 0. The Morgan fingerprint density at radius 2 is 1.77 bits per heavy atom. The highest BCUT2D eigenvalue weighted by Gasteiger charge is 2.12. The molecule has 0 N–H and O–H groups in total.